The van der Waals surface area contributed by atoms with Gasteiger partial charge in [-0.1, -0.05) is 13.8 Å². The Morgan fingerprint density at radius 3 is 1.67 bits per heavy atom. The van der Waals surface area contributed by atoms with Crippen molar-refractivity contribution in [1.29, 1.82) is 0 Å². The van der Waals surface area contributed by atoms with Crippen molar-refractivity contribution in [3.8, 4) is 0 Å². The molecule has 0 aliphatic carbocycles. The predicted molar refractivity (Wildman–Crippen MR) is 55.4 cm³/mol. The summed E-state index contributed by atoms with van der Waals surface area (Å²) in [6.45, 7) is 4.76. The Morgan fingerprint density at radius 2 is 1.33 bits per heavy atom. The lowest BCUT2D eigenvalue weighted by atomic mass is 10.5. The summed E-state index contributed by atoms with van der Waals surface area (Å²) in [4.78, 5) is 21.9. The maximum atomic E-state index is 11.0. The van der Waals surface area contributed by atoms with Gasteiger partial charge >= 0.3 is 11.9 Å². The summed E-state index contributed by atoms with van der Waals surface area (Å²) in [5, 5.41) is 2.65. The minimum atomic E-state index is -0.347. The normalized spacial score (nSPS) is 9.73. The summed E-state index contributed by atoms with van der Waals surface area (Å²) in [7, 11) is 0. The monoisotopic (exact) mass is 217 g/mol. The van der Waals surface area contributed by atoms with Crippen LogP contribution in [0.4, 0.5) is 0 Å². The summed E-state index contributed by atoms with van der Waals surface area (Å²) in [5.74, 6) is -0.694. The van der Waals surface area contributed by atoms with Crippen LogP contribution in [0.3, 0.4) is 0 Å². The molecule has 0 saturated heterocycles. The molecule has 0 aliphatic rings. The molecule has 0 bridgehead atoms. The van der Waals surface area contributed by atoms with Crippen LogP contribution in [0.1, 0.15) is 26.7 Å². The molecule has 0 radical (unpaired) electrons. The predicted octanol–water partition coefficient (Wildman–Crippen LogP) is 0.482. The summed E-state index contributed by atoms with van der Waals surface area (Å²) in [5.41, 5.74) is 0. The van der Waals surface area contributed by atoms with Gasteiger partial charge < -0.3 is 9.47 Å². The minimum Gasteiger partial charge on any atom is -0.465 e. The molecule has 0 saturated carbocycles. The van der Waals surface area contributed by atoms with Gasteiger partial charge in [0.05, 0.1) is 26.3 Å². The third-order valence-corrected chi connectivity index (χ3v) is 1.47. The summed E-state index contributed by atoms with van der Waals surface area (Å²) in [6.07, 6.45) is 1.59. The SMILES string of the molecule is CCCOC(=O)CNCC(=O)OCCC. The number of hydrogen-bond acceptors (Lipinski definition) is 5. The second-order valence-electron chi connectivity index (χ2n) is 3.04. The van der Waals surface area contributed by atoms with E-state index < -0.39 is 0 Å². The van der Waals surface area contributed by atoms with Crippen LogP contribution in [-0.4, -0.2) is 38.2 Å². The second kappa shape index (κ2) is 9.45. The van der Waals surface area contributed by atoms with E-state index in [1.54, 1.807) is 0 Å². The van der Waals surface area contributed by atoms with Gasteiger partial charge in [0.1, 0.15) is 0 Å². The fraction of sp³-hybridized carbons (Fsp3) is 0.800. The van der Waals surface area contributed by atoms with E-state index in [1.165, 1.54) is 0 Å². The molecule has 0 aromatic carbocycles. The third kappa shape index (κ3) is 9.21. The Bertz CT molecular complexity index is 174. The Morgan fingerprint density at radius 1 is 0.933 bits per heavy atom. The fourth-order valence-electron chi connectivity index (χ4n) is 0.800. The van der Waals surface area contributed by atoms with Crippen LogP contribution in [0, 0.1) is 0 Å². The molecule has 0 aromatic heterocycles. The zero-order chi connectivity index (χ0) is 11.5. The van der Waals surface area contributed by atoms with Gasteiger partial charge in [0.2, 0.25) is 0 Å². The fourth-order valence-corrected chi connectivity index (χ4v) is 0.800. The van der Waals surface area contributed by atoms with E-state index in [0.29, 0.717) is 13.2 Å². The lowest BCUT2D eigenvalue weighted by Gasteiger charge is -2.05. The van der Waals surface area contributed by atoms with Gasteiger partial charge in [0, 0.05) is 0 Å². The van der Waals surface area contributed by atoms with Crippen molar-refractivity contribution in [3.05, 3.63) is 0 Å². The second-order valence-corrected chi connectivity index (χ2v) is 3.04. The average Bonchev–Trinajstić information content (AvgIpc) is 2.23. The Kier molecular flexibility index (Phi) is 8.76. The first-order valence-electron chi connectivity index (χ1n) is 5.22. The lowest BCUT2D eigenvalue weighted by molar-refractivity contribution is -0.144. The van der Waals surface area contributed by atoms with Crippen LogP contribution in [-0.2, 0) is 19.1 Å². The zero-order valence-corrected chi connectivity index (χ0v) is 9.38. The van der Waals surface area contributed by atoms with Crippen molar-refractivity contribution in [1.82, 2.24) is 5.32 Å². The smallest absolute Gasteiger partial charge is 0.319 e. The van der Waals surface area contributed by atoms with Crippen molar-refractivity contribution in [2.75, 3.05) is 26.3 Å². The van der Waals surface area contributed by atoms with Crippen LogP contribution in [0.15, 0.2) is 0 Å². The molecule has 0 unspecified atom stereocenters. The van der Waals surface area contributed by atoms with E-state index in [2.05, 4.69) is 5.32 Å². The zero-order valence-electron chi connectivity index (χ0n) is 9.38. The van der Waals surface area contributed by atoms with E-state index in [0.717, 1.165) is 12.8 Å². The van der Waals surface area contributed by atoms with Gasteiger partial charge in [0.25, 0.3) is 0 Å². The Hall–Kier alpha value is -1.10. The molecule has 5 nitrogen and oxygen atoms in total. The highest BCUT2D eigenvalue weighted by molar-refractivity contribution is 5.74. The first-order valence-corrected chi connectivity index (χ1v) is 5.22. The van der Waals surface area contributed by atoms with Crippen LogP contribution in [0.25, 0.3) is 0 Å². The number of ether oxygens (including phenoxy) is 2. The number of rotatable bonds is 8. The molecule has 0 fully saturated rings. The lowest BCUT2D eigenvalue weighted by Crippen LogP contribution is -2.30. The molecule has 0 amide bonds. The highest BCUT2D eigenvalue weighted by Gasteiger charge is 2.04. The topological polar surface area (TPSA) is 64.6 Å². The molecule has 0 rings (SSSR count). The van der Waals surface area contributed by atoms with E-state index in [1.807, 2.05) is 13.8 Å². The van der Waals surface area contributed by atoms with Crippen LogP contribution >= 0.6 is 0 Å². The highest BCUT2D eigenvalue weighted by Crippen LogP contribution is 1.83. The van der Waals surface area contributed by atoms with Crippen molar-refractivity contribution in [2.24, 2.45) is 0 Å². The van der Waals surface area contributed by atoms with Gasteiger partial charge in [-0.05, 0) is 12.8 Å². The molecule has 0 atom stereocenters. The van der Waals surface area contributed by atoms with E-state index in [9.17, 15) is 9.59 Å². The molecule has 88 valence electrons. The third-order valence-electron chi connectivity index (χ3n) is 1.47. The maximum Gasteiger partial charge on any atom is 0.319 e. The van der Waals surface area contributed by atoms with Gasteiger partial charge in [-0.3, -0.25) is 14.9 Å². The molecular weight excluding hydrogens is 198 g/mol. The quantitative estimate of drug-likeness (QED) is 0.599. The number of carbonyl (C=O) groups is 2. The first-order chi connectivity index (χ1) is 7.20. The van der Waals surface area contributed by atoms with Crippen LogP contribution in [0.5, 0.6) is 0 Å². The number of esters is 2. The molecule has 0 heterocycles. The molecule has 15 heavy (non-hydrogen) atoms. The molecule has 0 spiro atoms. The largest absolute Gasteiger partial charge is 0.465 e. The minimum absolute atomic E-state index is 0.0429. The van der Waals surface area contributed by atoms with Crippen molar-refractivity contribution < 1.29 is 19.1 Å². The number of hydrogen-bond donors (Lipinski definition) is 1. The molecule has 5 heteroatoms. The molecular formula is C10H19NO4. The van der Waals surface area contributed by atoms with E-state index in [-0.39, 0.29) is 25.0 Å². The Balaban J connectivity index is 3.36. The van der Waals surface area contributed by atoms with Crippen molar-refractivity contribution >= 4 is 11.9 Å². The summed E-state index contributed by atoms with van der Waals surface area (Å²) >= 11 is 0. The van der Waals surface area contributed by atoms with Gasteiger partial charge in [-0.2, -0.15) is 0 Å². The molecule has 0 aromatic rings. The van der Waals surface area contributed by atoms with Gasteiger partial charge in [-0.25, -0.2) is 0 Å². The highest BCUT2D eigenvalue weighted by atomic mass is 16.5. The van der Waals surface area contributed by atoms with E-state index in [4.69, 9.17) is 9.47 Å². The maximum absolute atomic E-state index is 11.0. The first kappa shape index (κ1) is 13.9. The summed E-state index contributed by atoms with van der Waals surface area (Å²) < 4.78 is 9.60. The van der Waals surface area contributed by atoms with Gasteiger partial charge in [-0.15, -0.1) is 0 Å². The Labute approximate surface area is 90.1 Å². The molecule has 0 aliphatic heterocycles. The molecule has 1 N–H and O–H groups in total. The average molecular weight is 217 g/mol. The standard InChI is InChI=1S/C10H19NO4/c1-3-5-14-9(12)7-11-8-10(13)15-6-4-2/h11H,3-8H2,1-2H3. The van der Waals surface area contributed by atoms with Crippen LogP contribution < -0.4 is 5.32 Å². The van der Waals surface area contributed by atoms with Crippen LogP contribution in [0.2, 0.25) is 0 Å². The van der Waals surface area contributed by atoms with Gasteiger partial charge in [0.15, 0.2) is 0 Å². The van der Waals surface area contributed by atoms with Crippen molar-refractivity contribution in [2.45, 2.75) is 26.7 Å². The summed E-state index contributed by atoms with van der Waals surface area (Å²) in [6, 6.07) is 0. The number of nitrogens with one attached hydrogen (secondary N) is 1. The van der Waals surface area contributed by atoms with Crippen molar-refractivity contribution in [3.63, 3.8) is 0 Å². The van der Waals surface area contributed by atoms with E-state index >= 15 is 0 Å². The number of carbonyl (C=O) groups excluding carboxylic acids is 2.